The van der Waals surface area contributed by atoms with Gasteiger partial charge in [0.1, 0.15) is 6.61 Å². The zero-order valence-electron chi connectivity index (χ0n) is 20.5. The molecule has 0 heterocycles. The van der Waals surface area contributed by atoms with Gasteiger partial charge in [0.25, 0.3) is 0 Å². The van der Waals surface area contributed by atoms with Gasteiger partial charge < -0.3 is 9.84 Å². The van der Waals surface area contributed by atoms with Gasteiger partial charge in [0.15, 0.2) is 11.4 Å². The molecule has 1 N–H and O–H groups in total. The van der Waals surface area contributed by atoms with Gasteiger partial charge >= 0.3 is 5.97 Å². The molecule has 5 nitrogen and oxygen atoms in total. The maximum atomic E-state index is 13.4. The summed E-state index contributed by atoms with van der Waals surface area (Å²) in [5.74, 6) is -1.22. The SMILES string of the molecule is CCCCC(=O)O[C@]1(C(=O)CO)[C@H](C)C[C@H]2[C@@H]3CCC4=CC(=O)C=C[C@]4(C)[C@@]3(Cl)[C@@H](Cl)C[C@@]21C. The Labute approximate surface area is 212 Å². The number of ketones is 2. The summed E-state index contributed by atoms with van der Waals surface area (Å²) in [5.41, 5.74) is -1.75. The molecule has 0 aromatic rings. The number of alkyl halides is 2. The molecule has 0 aromatic carbocycles. The van der Waals surface area contributed by atoms with E-state index in [0.29, 0.717) is 19.3 Å². The second-order valence-corrected chi connectivity index (χ2v) is 12.4. The first-order chi connectivity index (χ1) is 15.9. The van der Waals surface area contributed by atoms with E-state index in [4.69, 9.17) is 27.9 Å². The second kappa shape index (κ2) is 8.74. The number of rotatable bonds is 6. The summed E-state index contributed by atoms with van der Waals surface area (Å²) in [7, 11) is 0. The van der Waals surface area contributed by atoms with Crippen molar-refractivity contribution < 1.29 is 24.2 Å². The number of halogens is 2. The predicted molar refractivity (Wildman–Crippen MR) is 132 cm³/mol. The smallest absolute Gasteiger partial charge is 0.306 e. The Morgan fingerprint density at radius 2 is 1.97 bits per heavy atom. The average molecular weight is 511 g/mol. The van der Waals surface area contributed by atoms with Crippen LogP contribution >= 0.6 is 23.2 Å². The normalized spacial score (nSPS) is 45.1. The molecule has 34 heavy (non-hydrogen) atoms. The van der Waals surface area contributed by atoms with Gasteiger partial charge in [-0.2, -0.15) is 0 Å². The molecule has 3 fully saturated rings. The predicted octanol–water partition coefficient (Wildman–Crippen LogP) is 5.15. The van der Waals surface area contributed by atoms with Crippen molar-refractivity contribution in [3.05, 3.63) is 23.8 Å². The van der Waals surface area contributed by atoms with Gasteiger partial charge in [-0.1, -0.05) is 45.8 Å². The van der Waals surface area contributed by atoms with Gasteiger partial charge in [0.2, 0.25) is 5.78 Å². The third-order valence-electron chi connectivity index (χ3n) is 9.70. The number of hydrogen-bond acceptors (Lipinski definition) is 5. The minimum Gasteiger partial charge on any atom is -0.450 e. The highest BCUT2D eigenvalue weighted by Gasteiger charge is 2.76. The number of carbonyl (C=O) groups excluding carboxylic acids is 3. The quantitative estimate of drug-likeness (QED) is 0.394. The number of fused-ring (bicyclic) bond motifs is 5. The van der Waals surface area contributed by atoms with E-state index < -0.39 is 45.0 Å². The molecule has 0 saturated heterocycles. The lowest BCUT2D eigenvalue weighted by atomic mass is 9.46. The summed E-state index contributed by atoms with van der Waals surface area (Å²) >= 11 is 14.8. The van der Waals surface area contributed by atoms with Crippen LogP contribution in [0.1, 0.15) is 72.6 Å². The minimum absolute atomic E-state index is 0.0196. The molecule has 0 aromatic heterocycles. The van der Waals surface area contributed by atoms with Gasteiger partial charge in [-0.05, 0) is 56.1 Å². The van der Waals surface area contributed by atoms with Gasteiger partial charge in [-0.25, -0.2) is 0 Å². The fourth-order valence-electron chi connectivity index (χ4n) is 8.00. The summed E-state index contributed by atoms with van der Waals surface area (Å²) in [5, 5.41) is 9.46. The van der Waals surface area contributed by atoms with E-state index >= 15 is 0 Å². The maximum Gasteiger partial charge on any atom is 0.306 e. The molecule has 0 aliphatic heterocycles. The van der Waals surface area contributed by atoms with Crippen LogP contribution in [0.25, 0.3) is 0 Å². The van der Waals surface area contributed by atoms with Crippen LogP contribution in [-0.4, -0.2) is 45.1 Å². The topological polar surface area (TPSA) is 80.7 Å². The molecular weight excluding hydrogens is 475 g/mol. The lowest BCUT2D eigenvalue weighted by Gasteiger charge is -2.64. The van der Waals surface area contributed by atoms with Crippen LogP contribution in [0, 0.1) is 28.6 Å². The molecule has 4 aliphatic carbocycles. The number of aliphatic hydroxyl groups excluding tert-OH is 1. The average Bonchev–Trinajstić information content (AvgIpc) is 3.00. The van der Waals surface area contributed by atoms with Gasteiger partial charge in [0.05, 0.1) is 10.3 Å². The molecule has 0 radical (unpaired) electrons. The molecule has 3 saturated carbocycles. The van der Waals surface area contributed by atoms with Crippen molar-refractivity contribution in [2.45, 2.75) is 88.5 Å². The largest absolute Gasteiger partial charge is 0.450 e. The zero-order chi connectivity index (χ0) is 25.1. The van der Waals surface area contributed by atoms with Crippen LogP contribution < -0.4 is 0 Å². The van der Waals surface area contributed by atoms with Crippen molar-refractivity contribution >= 4 is 40.7 Å². The highest BCUT2D eigenvalue weighted by molar-refractivity contribution is 6.34. The lowest BCUT2D eigenvalue weighted by molar-refractivity contribution is -0.195. The molecule has 4 rings (SSSR count). The van der Waals surface area contributed by atoms with Gasteiger partial charge in [0, 0.05) is 23.2 Å². The molecule has 0 unspecified atom stereocenters. The highest BCUT2D eigenvalue weighted by atomic mass is 35.5. The van der Waals surface area contributed by atoms with Crippen molar-refractivity contribution in [3.8, 4) is 0 Å². The molecule has 0 amide bonds. The fraction of sp³-hybridized carbons (Fsp3) is 0.741. The molecule has 4 aliphatic rings. The van der Waals surface area contributed by atoms with E-state index in [1.807, 2.05) is 26.8 Å². The van der Waals surface area contributed by atoms with E-state index in [1.54, 1.807) is 12.2 Å². The van der Waals surface area contributed by atoms with Crippen LogP contribution in [0.3, 0.4) is 0 Å². The number of unbranched alkanes of at least 4 members (excludes halogenated alkanes) is 1. The Morgan fingerprint density at radius 1 is 1.26 bits per heavy atom. The van der Waals surface area contributed by atoms with Crippen LogP contribution in [-0.2, 0) is 19.1 Å². The van der Waals surface area contributed by atoms with Crippen molar-refractivity contribution in [2.24, 2.45) is 28.6 Å². The Bertz CT molecular complexity index is 959. The van der Waals surface area contributed by atoms with Gasteiger partial charge in [-0.15, -0.1) is 23.2 Å². The number of ether oxygens (including phenoxy) is 1. The Balaban J connectivity index is 1.80. The second-order valence-electron chi connectivity index (χ2n) is 11.2. The van der Waals surface area contributed by atoms with Crippen LogP contribution in [0.5, 0.6) is 0 Å². The number of allylic oxidation sites excluding steroid dienone is 4. The molecule has 188 valence electrons. The Hall–Kier alpha value is -1.17. The Morgan fingerprint density at radius 3 is 2.62 bits per heavy atom. The first-order valence-electron chi connectivity index (χ1n) is 12.6. The molecular formula is C27H36Cl2O5. The number of carbonyl (C=O) groups is 3. The summed E-state index contributed by atoms with van der Waals surface area (Å²) in [6.45, 7) is 7.32. The van der Waals surface area contributed by atoms with Gasteiger partial charge in [-0.3, -0.25) is 14.4 Å². The minimum atomic E-state index is -1.43. The molecule has 0 bridgehead atoms. The summed E-state index contributed by atoms with van der Waals surface area (Å²) in [6, 6.07) is 0. The van der Waals surface area contributed by atoms with E-state index in [-0.39, 0.29) is 30.0 Å². The molecule has 7 heteroatoms. The third kappa shape index (κ3) is 3.25. The number of esters is 1. The third-order valence-corrected chi connectivity index (χ3v) is 11.3. The first-order valence-corrected chi connectivity index (χ1v) is 13.4. The fourth-order valence-corrected chi connectivity index (χ4v) is 9.23. The van der Waals surface area contributed by atoms with Crippen molar-refractivity contribution in [1.82, 2.24) is 0 Å². The number of hydrogen-bond donors (Lipinski definition) is 1. The monoisotopic (exact) mass is 510 g/mol. The van der Waals surface area contributed by atoms with Crippen LogP contribution in [0.2, 0.25) is 0 Å². The summed E-state index contributed by atoms with van der Waals surface area (Å²) in [6.07, 6.45) is 9.47. The Kier molecular flexibility index (Phi) is 6.66. The zero-order valence-corrected chi connectivity index (χ0v) is 22.0. The van der Waals surface area contributed by atoms with E-state index in [1.165, 1.54) is 0 Å². The van der Waals surface area contributed by atoms with Crippen molar-refractivity contribution in [2.75, 3.05) is 6.61 Å². The first kappa shape index (κ1) is 25.9. The summed E-state index contributed by atoms with van der Waals surface area (Å²) in [4.78, 5) is 37.6. The van der Waals surface area contributed by atoms with E-state index in [9.17, 15) is 19.5 Å². The van der Waals surface area contributed by atoms with Crippen molar-refractivity contribution in [1.29, 1.82) is 0 Å². The van der Waals surface area contributed by atoms with Crippen LogP contribution in [0.15, 0.2) is 23.8 Å². The standard InChI is InChI=1S/C27H36Cl2O5/c1-5-6-7-23(33)34-27(22(32)15-30)16(2)12-20-19-9-8-17-13-18(31)10-11-24(17,3)26(19,29)21(28)14-25(20,27)4/h10-11,13,16,19-21,30H,5-9,12,14-15H2,1-4H3/t16-,19+,20+,21+,24+,25+,26+,27+/m1/s1. The lowest BCUT2D eigenvalue weighted by Crippen LogP contribution is -2.68. The molecule has 8 atom stereocenters. The van der Waals surface area contributed by atoms with Crippen LogP contribution in [0.4, 0.5) is 0 Å². The van der Waals surface area contributed by atoms with E-state index in [2.05, 4.69) is 6.92 Å². The number of aliphatic hydroxyl groups is 1. The number of Topliss-reactive ketones (excluding diaryl/α,β-unsaturated/α-hetero) is 1. The maximum absolute atomic E-state index is 13.4. The van der Waals surface area contributed by atoms with Crippen molar-refractivity contribution in [3.63, 3.8) is 0 Å². The molecule has 0 spiro atoms. The highest BCUT2D eigenvalue weighted by Crippen LogP contribution is 2.72. The summed E-state index contributed by atoms with van der Waals surface area (Å²) < 4.78 is 6.13. The van der Waals surface area contributed by atoms with E-state index in [0.717, 1.165) is 24.8 Å².